The number of ether oxygens (including phenoxy) is 6. The number of fused-ring (bicyclic) bond motifs is 1. The zero-order valence-electron chi connectivity index (χ0n) is 23.7. The van der Waals surface area contributed by atoms with Crippen molar-refractivity contribution in [1.82, 2.24) is 4.90 Å². The molecule has 0 bridgehead atoms. The van der Waals surface area contributed by atoms with Gasteiger partial charge in [-0.1, -0.05) is 26.0 Å². The molecule has 0 saturated carbocycles. The summed E-state index contributed by atoms with van der Waals surface area (Å²) < 4.78 is 33.8. The fourth-order valence-corrected chi connectivity index (χ4v) is 4.95. The van der Waals surface area contributed by atoms with E-state index in [1.54, 1.807) is 26.4 Å². The van der Waals surface area contributed by atoms with Crippen LogP contribution in [0, 0.1) is 0 Å². The van der Waals surface area contributed by atoms with Gasteiger partial charge in [0.05, 0.1) is 41.6 Å². The van der Waals surface area contributed by atoms with E-state index in [0.29, 0.717) is 53.2 Å². The number of benzene rings is 3. The van der Waals surface area contributed by atoms with Gasteiger partial charge in [-0.3, -0.25) is 4.79 Å². The lowest BCUT2D eigenvalue weighted by Crippen LogP contribution is -2.42. The molecule has 0 saturated heterocycles. The fraction of sp³-hybridized carbons (Fsp3) is 0.387. The Morgan fingerprint density at radius 2 is 1.41 bits per heavy atom. The van der Waals surface area contributed by atoms with E-state index in [4.69, 9.17) is 28.4 Å². The first-order valence-corrected chi connectivity index (χ1v) is 12.9. The minimum atomic E-state index is -0.370. The van der Waals surface area contributed by atoms with Gasteiger partial charge in [0.15, 0.2) is 23.0 Å². The largest absolute Gasteiger partial charge is 0.493 e. The molecule has 0 aliphatic carbocycles. The highest BCUT2D eigenvalue weighted by molar-refractivity contribution is 5.96. The Morgan fingerprint density at radius 3 is 1.95 bits per heavy atom. The molecule has 1 heterocycles. The van der Waals surface area contributed by atoms with Crippen molar-refractivity contribution in [1.29, 1.82) is 0 Å². The van der Waals surface area contributed by atoms with E-state index in [9.17, 15) is 4.79 Å². The van der Waals surface area contributed by atoms with Crippen LogP contribution in [0.2, 0.25) is 0 Å². The Morgan fingerprint density at radius 1 is 0.821 bits per heavy atom. The third-order valence-corrected chi connectivity index (χ3v) is 7.13. The summed E-state index contributed by atoms with van der Waals surface area (Å²) in [5, 5.41) is 0. The van der Waals surface area contributed by atoms with Crippen LogP contribution in [0.1, 0.15) is 52.9 Å². The quantitative estimate of drug-likeness (QED) is 0.331. The topological polar surface area (TPSA) is 75.7 Å². The molecule has 208 valence electrons. The number of methoxy groups -OCH3 is 5. The van der Waals surface area contributed by atoms with Crippen molar-refractivity contribution in [3.05, 3.63) is 70.8 Å². The summed E-state index contributed by atoms with van der Waals surface area (Å²) in [5.41, 5.74) is 3.71. The molecule has 8 heteroatoms. The van der Waals surface area contributed by atoms with Crippen LogP contribution in [-0.2, 0) is 6.42 Å². The second kappa shape index (κ2) is 12.2. The Labute approximate surface area is 230 Å². The van der Waals surface area contributed by atoms with E-state index in [-0.39, 0.29) is 18.6 Å². The molecular weight excluding hydrogens is 498 g/mol. The molecule has 8 nitrogen and oxygen atoms in total. The van der Waals surface area contributed by atoms with Crippen molar-refractivity contribution in [3.63, 3.8) is 0 Å². The smallest absolute Gasteiger partial charge is 0.254 e. The Bertz CT molecular complexity index is 1280. The first-order valence-electron chi connectivity index (χ1n) is 12.9. The highest BCUT2D eigenvalue weighted by Crippen LogP contribution is 2.41. The van der Waals surface area contributed by atoms with Crippen LogP contribution >= 0.6 is 0 Å². The minimum Gasteiger partial charge on any atom is -0.493 e. The standard InChI is InChI=1S/C31H37NO7/c1-19(2)20-8-10-23(11-9-20)39-18-25-24-17-27(35-4)26(34-3)14-21(24)12-13-32(25)31(33)22-15-28(36-5)30(38-7)29(16-22)37-6/h8-11,14-17,19,25H,12-13,18H2,1-7H3/t25-/m1/s1. The highest BCUT2D eigenvalue weighted by atomic mass is 16.5. The van der Waals surface area contributed by atoms with Gasteiger partial charge in [-0.2, -0.15) is 0 Å². The van der Waals surface area contributed by atoms with E-state index in [1.165, 1.54) is 26.9 Å². The van der Waals surface area contributed by atoms with E-state index in [0.717, 1.165) is 16.9 Å². The molecule has 3 aromatic rings. The molecule has 3 aromatic carbocycles. The SMILES string of the molecule is COc1cc2c(cc1OC)[C@@H](COc1ccc(C(C)C)cc1)N(C(=O)c1cc(OC)c(OC)c(OC)c1)CC2. The lowest BCUT2D eigenvalue weighted by molar-refractivity contribution is 0.0588. The molecule has 1 atom stereocenters. The molecule has 39 heavy (non-hydrogen) atoms. The van der Waals surface area contributed by atoms with Gasteiger partial charge >= 0.3 is 0 Å². The first kappa shape index (κ1) is 28.0. The third-order valence-electron chi connectivity index (χ3n) is 7.13. The molecule has 0 unspecified atom stereocenters. The lowest BCUT2D eigenvalue weighted by Gasteiger charge is -2.38. The molecule has 0 aromatic heterocycles. The average molecular weight is 536 g/mol. The predicted octanol–water partition coefficient (Wildman–Crippen LogP) is 5.67. The maximum absolute atomic E-state index is 14.0. The van der Waals surface area contributed by atoms with Gasteiger partial charge in [0.2, 0.25) is 5.75 Å². The Kier molecular flexibility index (Phi) is 8.74. The van der Waals surface area contributed by atoms with Gasteiger partial charge in [0.25, 0.3) is 5.91 Å². The van der Waals surface area contributed by atoms with Crippen LogP contribution in [0.4, 0.5) is 0 Å². The molecule has 0 fully saturated rings. The second-order valence-electron chi connectivity index (χ2n) is 9.62. The number of rotatable bonds is 10. The van der Waals surface area contributed by atoms with Crippen LogP contribution < -0.4 is 28.4 Å². The third kappa shape index (κ3) is 5.70. The van der Waals surface area contributed by atoms with Crippen molar-refractivity contribution in [3.8, 4) is 34.5 Å². The number of carbonyl (C=O) groups is 1. The summed E-state index contributed by atoms with van der Waals surface area (Å²) in [6.45, 7) is 5.07. The van der Waals surface area contributed by atoms with Crippen molar-refractivity contribution >= 4 is 5.91 Å². The second-order valence-corrected chi connectivity index (χ2v) is 9.62. The zero-order valence-corrected chi connectivity index (χ0v) is 23.7. The van der Waals surface area contributed by atoms with Gasteiger partial charge in [0, 0.05) is 12.1 Å². The van der Waals surface area contributed by atoms with Gasteiger partial charge in [-0.25, -0.2) is 0 Å². The number of nitrogens with zero attached hydrogens (tertiary/aromatic N) is 1. The van der Waals surface area contributed by atoms with Crippen LogP contribution in [0.3, 0.4) is 0 Å². The summed E-state index contributed by atoms with van der Waals surface area (Å²) in [7, 11) is 7.82. The normalized spacial score (nSPS) is 14.5. The number of carbonyl (C=O) groups excluding carboxylic acids is 1. The maximum Gasteiger partial charge on any atom is 0.254 e. The van der Waals surface area contributed by atoms with Crippen LogP contribution in [0.5, 0.6) is 34.5 Å². The van der Waals surface area contributed by atoms with E-state index in [2.05, 4.69) is 26.0 Å². The highest BCUT2D eigenvalue weighted by Gasteiger charge is 2.34. The maximum atomic E-state index is 14.0. The fourth-order valence-electron chi connectivity index (χ4n) is 4.95. The average Bonchev–Trinajstić information content (AvgIpc) is 2.97. The lowest BCUT2D eigenvalue weighted by atomic mass is 9.91. The monoisotopic (exact) mass is 535 g/mol. The molecule has 0 radical (unpaired) electrons. The zero-order chi connectivity index (χ0) is 28.1. The summed E-state index contributed by atoms with van der Waals surface area (Å²) in [5.74, 6) is 3.53. The van der Waals surface area contributed by atoms with Crippen molar-refractivity contribution in [2.24, 2.45) is 0 Å². The predicted molar refractivity (Wildman–Crippen MR) is 149 cm³/mol. The van der Waals surface area contributed by atoms with Crippen LogP contribution in [0.25, 0.3) is 0 Å². The van der Waals surface area contributed by atoms with Crippen molar-refractivity contribution < 1.29 is 33.2 Å². The van der Waals surface area contributed by atoms with E-state index >= 15 is 0 Å². The Balaban J connectivity index is 1.72. The summed E-state index contributed by atoms with van der Waals surface area (Å²) in [6, 6.07) is 15.0. The number of hydrogen-bond donors (Lipinski definition) is 0. The van der Waals surface area contributed by atoms with Crippen LogP contribution in [-0.4, -0.2) is 59.5 Å². The molecule has 1 aliphatic heterocycles. The minimum absolute atomic E-state index is 0.168. The van der Waals surface area contributed by atoms with Crippen LogP contribution in [0.15, 0.2) is 48.5 Å². The summed E-state index contributed by atoms with van der Waals surface area (Å²) >= 11 is 0. The number of amides is 1. The molecular formula is C31H37NO7. The molecule has 1 aliphatic rings. The Hall–Kier alpha value is -4.07. The molecule has 1 amide bonds. The van der Waals surface area contributed by atoms with Gasteiger partial charge in [0.1, 0.15) is 12.4 Å². The van der Waals surface area contributed by atoms with Gasteiger partial charge in [-0.15, -0.1) is 0 Å². The van der Waals surface area contributed by atoms with Crippen molar-refractivity contribution in [2.45, 2.75) is 32.2 Å². The van der Waals surface area contributed by atoms with Crippen molar-refractivity contribution in [2.75, 3.05) is 48.7 Å². The van der Waals surface area contributed by atoms with Gasteiger partial charge < -0.3 is 33.3 Å². The molecule has 4 rings (SSSR count). The van der Waals surface area contributed by atoms with E-state index in [1.807, 2.05) is 29.2 Å². The number of hydrogen-bond acceptors (Lipinski definition) is 7. The summed E-state index contributed by atoms with van der Waals surface area (Å²) in [4.78, 5) is 15.9. The summed E-state index contributed by atoms with van der Waals surface area (Å²) in [6.07, 6.45) is 0.658. The molecule has 0 spiro atoms. The van der Waals surface area contributed by atoms with Gasteiger partial charge in [-0.05, 0) is 65.4 Å². The van der Waals surface area contributed by atoms with E-state index < -0.39 is 0 Å². The molecule has 0 N–H and O–H groups in total. The first-order chi connectivity index (χ1) is 18.8.